The van der Waals surface area contributed by atoms with E-state index < -0.39 is 12.1 Å². The fraction of sp³-hybridized carbons (Fsp3) is 0.261. The maximum absolute atomic E-state index is 12.7. The highest BCUT2D eigenvalue weighted by atomic mass is 19.4. The average Bonchev–Trinajstić information content (AvgIpc) is 3.12. The summed E-state index contributed by atoms with van der Waals surface area (Å²) in [7, 11) is 0. The molecule has 1 N–H and O–H groups in total. The highest BCUT2D eigenvalue weighted by molar-refractivity contribution is 5.92. The molecule has 32 heavy (non-hydrogen) atoms. The van der Waals surface area contributed by atoms with E-state index in [1.165, 1.54) is 13.0 Å². The van der Waals surface area contributed by atoms with Gasteiger partial charge in [-0.05, 0) is 43.7 Å². The third kappa shape index (κ3) is 5.75. The van der Waals surface area contributed by atoms with Crippen molar-refractivity contribution in [1.29, 1.82) is 0 Å². The van der Waals surface area contributed by atoms with E-state index in [-0.39, 0.29) is 25.4 Å². The van der Waals surface area contributed by atoms with Crippen molar-refractivity contribution in [1.82, 2.24) is 9.88 Å². The van der Waals surface area contributed by atoms with E-state index in [1.54, 1.807) is 25.1 Å². The van der Waals surface area contributed by atoms with Crippen LogP contribution in [0.2, 0.25) is 0 Å². The van der Waals surface area contributed by atoms with E-state index in [4.69, 9.17) is 4.42 Å². The number of amides is 2. The molecule has 9 heteroatoms. The summed E-state index contributed by atoms with van der Waals surface area (Å²) in [5, 5.41) is 2.71. The lowest BCUT2D eigenvalue weighted by molar-refractivity contribution is -0.185. The molecule has 0 saturated heterocycles. The maximum Gasteiger partial charge on any atom is 0.471 e. The SMILES string of the molecule is CCN(Cc1cccc(NC(=O)Cc2nc(-c3ccccc3)oc2C)c1)C(=O)C(F)(F)F. The molecule has 1 aromatic heterocycles. The number of rotatable bonds is 7. The number of aryl methyl sites for hydroxylation is 1. The Morgan fingerprint density at radius 2 is 1.81 bits per heavy atom. The second-order valence-corrected chi connectivity index (χ2v) is 7.13. The molecule has 0 bridgehead atoms. The van der Waals surface area contributed by atoms with Crippen LogP contribution in [0.1, 0.15) is 23.9 Å². The smallest absolute Gasteiger partial charge is 0.441 e. The van der Waals surface area contributed by atoms with Gasteiger partial charge in [0.25, 0.3) is 0 Å². The van der Waals surface area contributed by atoms with Crippen molar-refractivity contribution in [3.8, 4) is 11.5 Å². The van der Waals surface area contributed by atoms with Gasteiger partial charge >= 0.3 is 12.1 Å². The summed E-state index contributed by atoms with van der Waals surface area (Å²) < 4.78 is 43.8. The molecule has 2 amide bonds. The van der Waals surface area contributed by atoms with Gasteiger partial charge in [-0.3, -0.25) is 9.59 Å². The van der Waals surface area contributed by atoms with Crippen LogP contribution in [0.15, 0.2) is 59.0 Å². The van der Waals surface area contributed by atoms with Gasteiger partial charge in [-0.2, -0.15) is 13.2 Å². The van der Waals surface area contributed by atoms with Gasteiger partial charge in [0.15, 0.2) is 0 Å². The van der Waals surface area contributed by atoms with Crippen molar-refractivity contribution in [3.05, 3.63) is 71.6 Å². The molecule has 0 atom stereocenters. The first-order chi connectivity index (χ1) is 15.2. The number of benzene rings is 2. The second kappa shape index (κ2) is 9.67. The van der Waals surface area contributed by atoms with E-state index in [0.29, 0.717) is 33.5 Å². The number of alkyl halides is 3. The number of hydrogen-bond acceptors (Lipinski definition) is 4. The Hall–Kier alpha value is -3.62. The summed E-state index contributed by atoms with van der Waals surface area (Å²) in [6.45, 7) is 2.88. The third-order valence-electron chi connectivity index (χ3n) is 4.74. The predicted octanol–water partition coefficient (Wildman–Crippen LogP) is 4.74. The molecule has 3 rings (SSSR count). The van der Waals surface area contributed by atoms with Crippen molar-refractivity contribution >= 4 is 17.5 Å². The Balaban J connectivity index is 1.66. The molecule has 0 aliphatic carbocycles. The van der Waals surface area contributed by atoms with Crippen molar-refractivity contribution in [2.75, 3.05) is 11.9 Å². The highest BCUT2D eigenvalue weighted by Crippen LogP contribution is 2.23. The molecule has 2 aromatic carbocycles. The van der Waals surface area contributed by atoms with Crippen molar-refractivity contribution in [3.63, 3.8) is 0 Å². The van der Waals surface area contributed by atoms with Crippen LogP contribution in [-0.4, -0.2) is 34.4 Å². The van der Waals surface area contributed by atoms with Crippen LogP contribution in [0, 0.1) is 6.92 Å². The summed E-state index contributed by atoms with van der Waals surface area (Å²) in [6, 6.07) is 15.6. The van der Waals surface area contributed by atoms with Crippen LogP contribution in [0.5, 0.6) is 0 Å². The Morgan fingerprint density at radius 1 is 1.09 bits per heavy atom. The minimum absolute atomic E-state index is 0.0277. The van der Waals surface area contributed by atoms with Gasteiger partial charge in [0.1, 0.15) is 5.76 Å². The number of halogens is 3. The van der Waals surface area contributed by atoms with E-state index in [2.05, 4.69) is 10.3 Å². The van der Waals surface area contributed by atoms with Crippen molar-refractivity contribution < 1.29 is 27.2 Å². The molecule has 6 nitrogen and oxygen atoms in total. The minimum atomic E-state index is -4.93. The zero-order chi connectivity index (χ0) is 23.3. The Bertz CT molecular complexity index is 1090. The summed E-state index contributed by atoms with van der Waals surface area (Å²) >= 11 is 0. The zero-order valence-corrected chi connectivity index (χ0v) is 17.6. The maximum atomic E-state index is 12.7. The predicted molar refractivity (Wildman–Crippen MR) is 113 cm³/mol. The first-order valence-corrected chi connectivity index (χ1v) is 9.94. The van der Waals surface area contributed by atoms with Crippen molar-refractivity contribution in [2.24, 2.45) is 0 Å². The van der Waals surface area contributed by atoms with Gasteiger partial charge in [-0.15, -0.1) is 0 Å². The Kier molecular flexibility index (Phi) is 6.97. The quantitative estimate of drug-likeness (QED) is 0.570. The van der Waals surface area contributed by atoms with Crippen LogP contribution < -0.4 is 5.32 Å². The van der Waals surface area contributed by atoms with Crippen LogP contribution in [0.4, 0.5) is 18.9 Å². The lowest BCUT2D eigenvalue weighted by Crippen LogP contribution is -2.40. The summed E-state index contributed by atoms with van der Waals surface area (Å²) in [5.41, 5.74) is 2.16. The molecule has 0 unspecified atom stereocenters. The second-order valence-electron chi connectivity index (χ2n) is 7.13. The number of anilines is 1. The molecule has 0 aliphatic heterocycles. The molecule has 168 valence electrons. The number of oxazole rings is 1. The van der Waals surface area contributed by atoms with Gasteiger partial charge in [-0.1, -0.05) is 30.3 Å². The molecule has 0 radical (unpaired) electrons. The number of aromatic nitrogens is 1. The number of carbonyl (C=O) groups is 2. The van der Waals surface area contributed by atoms with Gasteiger partial charge in [-0.25, -0.2) is 4.98 Å². The minimum Gasteiger partial charge on any atom is -0.441 e. The number of nitrogens with zero attached hydrogens (tertiary/aromatic N) is 2. The van der Waals surface area contributed by atoms with Gasteiger partial charge < -0.3 is 14.6 Å². The topological polar surface area (TPSA) is 75.4 Å². The monoisotopic (exact) mass is 445 g/mol. The molecule has 1 heterocycles. The van der Waals surface area contributed by atoms with E-state index >= 15 is 0 Å². The van der Waals surface area contributed by atoms with Crippen LogP contribution in [0.25, 0.3) is 11.5 Å². The number of carbonyl (C=O) groups excluding carboxylic acids is 2. The van der Waals surface area contributed by atoms with Crippen LogP contribution in [-0.2, 0) is 22.6 Å². The third-order valence-corrected chi connectivity index (χ3v) is 4.74. The van der Waals surface area contributed by atoms with Gasteiger partial charge in [0.05, 0.1) is 12.1 Å². The first kappa shape index (κ1) is 23.1. The first-order valence-electron chi connectivity index (χ1n) is 9.94. The summed E-state index contributed by atoms with van der Waals surface area (Å²) in [4.78, 5) is 29.1. The van der Waals surface area contributed by atoms with Crippen molar-refractivity contribution in [2.45, 2.75) is 33.0 Å². The number of hydrogen-bond donors (Lipinski definition) is 1. The lowest BCUT2D eigenvalue weighted by atomic mass is 10.1. The van der Waals surface area contributed by atoms with E-state index in [0.717, 1.165) is 5.56 Å². The Labute approximate surface area is 183 Å². The van der Waals surface area contributed by atoms with Crippen LogP contribution >= 0.6 is 0 Å². The van der Waals surface area contributed by atoms with E-state index in [9.17, 15) is 22.8 Å². The normalized spacial score (nSPS) is 11.3. The summed E-state index contributed by atoms with van der Waals surface area (Å²) in [5.74, 6) is -1.30. The largest absolute Gasteiger partial charge is 0.471 e. The molecular weight excluding hydrogens is 423 g/mol. The average molecular weight is 445 g/mol. The van der Waals surface area contributed by atoms with Gasteiger partial charge in [0, 0.05) is 24.3 Å². The fourth-order valence-corrected chi connectivity index (χ4v) is 3.13. The van der Waals surface area contributed by atoms with Gasteiger partial charge in [0.2, 0.25) is 11.8 Å². The van der Waals surface area contributed by atoms with E-state index in [1.807, 2.05) is 30.3 Å². The Morgan fingerprint density at radius 3 is 2.47 bits per heavy atom. The van der Waals surface area contributed by atoms with Crippen LogP contribution in [0.3, 0.4) is 0 Å². The molecule has 3 aromatic rings. The lowest BCUT2D eigenvalue weighted by Gasteiger charge is -2.22. The molecule has 0 aliphatic rings. The summed E-state index contributed by atoms with van der Waals surface area (Å²) in [6.07, 6.45) is -4.96. The number of nitrogens with one attached hydrogen (secondary N) is 1. The highest BCUT2D eigenvalue weighted by Gasteiger charge is 2.41. The zero-order valence-electron chi connectivity index (χ0n) is 17.6. The molecular formula is C23H22F3N3O3. The molecule has 0 spiro atoms. The molecule has 0 saturated carbocycles. The standard InChI is InChI=1S/C23H22F3N3O3/c1-3-29(22(31)23(24,25)26)14-16-8-7-11-18(12-16)27-20(30)13-19-15(2)32-21(28-19)17-9-5-4-6-10-17/h4-12H,3,13-14H2,1-2H3,(H,27,30). The molecule has 0 fully saturated rings. The fourth-order valence-electron chi connectivity index (χ4n) is 3.13.